The van der Waals surface area contributed by atoms with Crippen molar-refractivity contribution in [1.29, 1.82) is 0 Å². The minimum absolute atomic E-state index is 0.193. The highest BCUT2D eigenvalue weighted by Crippen LogP contribution is 2.38. The molecule has 0 N–H and O–H groups in total. The van der Waals surface area contributed by atoms with E-state index in [0.29, 0.717) is 35.6 Å². The number of ether oxygens (including phenoxy) is 3. The summed E-state index contributed by atoms with van der Waals surface area (Å²) in [5.41, 5.74) is 2.13. The molecule has 2 aromatic rings. The number of hydrogen-bond donors (Lipinski definition) is 0. The van der Waals surface area contributed by atoms with Gasteiger partial charge in [-0.1, -0.05) is 24.3 Å². The lowest BCUT2D eigenvalue weighted by Crippen LogP contribution is -2.29. The Bertz CT molecular complexity index is 1010. The molecule has 0 saturated carbocycles. The first-order valence-electron chi connectivity index (χ1n) is 11.0. The maximum Gasteiger partial charge on any atom is 0.336 e. The van der Waals surface area contributed by atoms with Gasteiger partial charge in [0.15, 0.2) is 0 Å². The van der Waals surface area contributed by atoms with E-state index in [0.717, 1.165) is 5.56 Å². The fourth-order valence-corrected chi connectivity index (χ4v) is 3.68. The van der Waals surface area contributed by atoms with Gasteiger partial charge >= 0.3 is 11.9 Å². The molecule has 0 unspecified atom stereocenters. The van der Waals surface area contributed by atoms with E-state index in [9.17, 15) is 14.0 Å². The lowest BCUT2D eigenvalue weighted by molar-refractivity contribution is -0.139. The van der Waals surface area contributed by atoms with Gasteiger partial charge in [-0.2, -0.15) is 0 Å². The summed E-state index contributed by atoms with van der Waals surface area (Å²) in [6, 6.07) is 13.3. The molecule has 0 aliphatic carbocycles. The van der Waals surface area contributed by atoms with Crippen molar-refractivity contribution < 1.29 is 28.2 Å². The van der Waals surface area contributed by atoms with Crippen LogP contribution in [0.15, 0.2) is 72.1 Å². The van der Waals surface area contributed by atoms with Crippen molar-refractivity contribution in [3.05, 3.63) is 89.0 Å². The van der Waals surface area contributed by atoms with Crippen molar-refractivity contribution in [1.82, 2.24) is 4.90 Å². The molecule has 33 heavy (non-hydrogen) atoms. The lowest BCUT2D eigenvalue weighted by atomic mass is 9.83. The summed E-state index contributed by atoms with van der Waals surface area (Å²) in [4.78, 5) is 27.7. The van der Waals surface area contributed by atoms with Gasteiger partial charge in [0.1, 0.15) is 11.6 Å². The molecule has 0 radical (unpaired) electrons. The van der Waals surface area contributed by atoms with Crippen molar-refractivity contribution in [2.75, 3.05) is 19.8 Å². The topological polar surface area (TPSA) is 65.1 Å². The molecule has 0 amide bonds. The van der Waals surface area contributed by atoms with Gasteiger partial charge in [-0.05, 0) is 56.2 Å². The average Bonchev–Trinajstić information content (AvgIpc) is 2.81. The molecule has 1 heterocycles. The summed E-state index contributed by atoms with van der Waals surface area (Å²) in [5, 5.41) is 0. The highest BCUT2D eigenvalue weighted by atomic mass is 19.1. The Labute approximate surface area is 193 Å². The number of benzene rings is 2. The maximum atomic E-state index is 13.3. The van der Waals surface area contributed by atoms with Crippen molar-refractivity contribution in [2.45, 2.75) is 33.2 Å². The van der Waals surface area contributed by atoms with Crippen LogP contribution in [0.4, 0.5) is 4.39 Å². The Kier molecular flexibility index (Phi) is 8.24. The molecule has 0 fully saturated rings. The van der Waals surface area contributed by atoms with Gasteiger partial charge in [0.2, 0.25) is 0 Å². The predicted molar refractivity (Wildman–Crippen MR) is 122 cm³/mol. The molecule has 1 aliphatic rings. The Hall–Kier alpha value is -3.61. The summed E-state index contributed by atoms with van der Waals surface area (Å²) >= 11 is 0. The largest absolute Gasteiger partial charge is 0.494 e. The van der Waals surface area contributed by atoms with Crippen LogP contribution >= 0.6 is 0 Å². The van der Waals surface area contributed by atoms with E-state index in [-0.39, 0.29) is 19.0 Å². The van der Waals surface area contributed by atoms with Crippen LogP contribution in [-0.2, 0) is 25.6 Å². The number of halogens is 1. The summed E-state index contributed by atoms with van der Waals surface area (Å²) in [5.74, 6) is -1.44. The van der Waals surface area contributed by atoms with Crippen molar-refractivity contribution in [3.8, 4) is 5.75 Å². The second kappa shape index (κ2) is 11.3. The smallest absolute Gasteiger partial charge is 0.336 e. The van der Waals surface area contributed by atoms with E-state index < -0.39 is 17.9 Å². The van der Waals surface area contributed by atoms with E-state index in [1.807, 2.05) is 31.2 Å². The second-order valence-electron chi connectivity index (χ2n) is 7.35. The van der Waals surface area contributed by atoms with Crippen LogP contribution in [0, 0.1) is 5.82 Å². The van der Waals surface area contributed by atoms with Gasteiger partial charge in [0.25, 0.3) is 0 Å². The van der Waals surface area contributed by atoms with Crippen LogP contribution in [0.5, 0.6) is 5.75 Å². The second-order valence-corrected chi connectivity index (χ2v) is 7.35. The van der Waals surface area contributed by atoms with E-state index >= 15 is 0 Å². The monoisotopic (exact) mass is 453 g/mol. The Morgan fingerprint density at radius 2 is 1.48 bits per heavy atom. The molecule has 0 saturated heterocycles. The standard InChI is InChI=1S/C26H28FNO5/c1-4-31-21-9-7-8-19(14-21)24-22(25(29)32-5-2)16-28(17-23(24)26(30)33-6-3)15-18-10-12-20(27)13-11-18/h7-14,16-17,24H,4-6,15H2,1-3H3. The van der Waals surface area contributed by atoms with Crippen LogP contribution in [-0.4, -0.2) is 36.7 Å². The van der Waals surface area contributed by atoms with Gasteiger partial charge in [0.05, 0.1) is 36.9 Å². The van der Waals surface area contributed by atoms with E-state index in [1.54, 1.807) is 43.3 Å². The molecule has 3 rings (SSSR count). The average molecular weight is 454 g/mol. The molecule has 7 heteroatoms. The molecular formula is C26H28FNO5. The SMILES string of the molecule is CCOC(=O)C1=CN(Cc2ccc(F)cc2)C=C(C(=O)OCC)C1c1cccc(OCC)c1. The van der Waals surface area contributed by atoms with E-state index in [2.05, 4.69) is 0 Å². The Morgan fingerprint density at radius 3 is 2.03 bits per heavy atom. The van der Waals surface area contributed by atoms with Gasteiger partial charge in [-0.3, -0.25) is 0 Å². The molecule has 0 aromatic heterocycles. The van der Waals surface area contributed by atoms with Gasteiger partial charge in [-0.15, -0.1) is 0 Å². The maximum absolute atomic E-state index is 13.3. The fraction of sp³-hybridized carbons (Fsp3) is 0.308. The van der Waals surface area contributed by atoms with Gasteiger partial charge < -0.3 is 19.1 Å². The first-order valence-corrected chi connectivity index (χ1v) is 11.0. The Balaban J connectivity index is 2.08. The zero-order chi connectivity index (χ0) is 23.8. The molecule has 1 aliphatic heterocycles. The fourth-order valence-electron chi connectivity index (χ4n) is 3.68. The predicted octanol–water partition coefficient (Wildman–Crippen LogP) is 4.72. The molecular weight excluding hydrogens is 425 g/mol. The summed E-state index contributed by atoms with van der Waals surface area (Å²) in [7, 11) is 0. The highest BCUT2D eigenvalue weighted by Gasteiger charge is 2.35. The third-order valence-electron chi connectivity index (χ3n) is 5.03. The quantitative estimate of drug-likeness (QED) is 0.512. The number of carbonyl (C=O) groups excluding carboxylic acids is 2. The van der Waals surface area contributed by atoms with Gasteiger partial charge in [0, 0.05) is 18.9 Å². The van der Waals surface area contributed by atoms with Crippen LogP contribution in [0.25, 0.3) is 0 Å². The Morgan fingerprint density at radius 1 is 0.879 bits per heavy atom. The van der Waals surface area contributed by atoms with E-state index in [4.69, 9.17) is 14.2 Å². The minimum Gasteiger partial charge on any atom is -0.494 e. The minimum atomic E-state index is -0.687. The number of rotatable bonds is 9. The zero-order valence-electron chi connectivity index (χ0n) is 19.0. The zero-order valence-corrected chi connectivity index (χ0v) is 19.0. The number of nitrogens with zero attached hydrogens (tertiary/aromatic N) is 1. The number of esters is 2. The van der Waals surface area contributed by atoms with E-state index in [1.165, 1.54) is 12.1 Å². The molecule has 2 aromatic carbocycles. The van der Waals surface area contributed by atoms with Crippen molar-refractivity contribution in [3.63, 3.8) is 0 Å². The van der Waals surface area contributed by atoms with Crippen molar-refractivity contribution in [2.24, 2.45) is 0 Å². The van der Waals surface area contributed by atoms with Crippen LogP contribution in [0.3, 0.4) is 0 Å². The lowest BCUT2D eigenvalue weighted by Gasteiger charge is -2.30. The number of hydrogen-bond acceptors (Lipinski definition) is 6. The summed E-state index contributed by atoms with van der Waals surface area (Å²) in [6.45, 7) is 6.54. The molecule has 174 valence electrons. The van der Waals surface area contributed by atoms with Crippen LogP contribution in [0.2, 0.25) is 0 Å². The third kappa shape index (κ3) is 6.00. The summed E-state index contributed by atoms with van der Waals surface area (Å²) in [6.07, 6.45) is 3.34. The highest BCUT2D eigenvalue weighted by molar-refractivity contribution is 5.98. The first kappa shape index (κ1) is 24.0. The molecule has 0 atom stereocenters. The summed E-state index contributed by atoms with van der Waals surface area (Å²) < 4.78 is 29.6. The number of carbonyl (C=O) groups is 2. The van der Waals surface area contributed by atoms with Crippen LogP contribution in [0.1, 0.15) is 37.8 Å². The molecule has 0 spiro atoms. The molecule has 0 bridgehead atoms. The molecule has 6 nitrogen and oxygen atoms in total. The third-order valence-corrected chi connectivity index (χ3v) is 5.03. The van der Waals surface area contributed by atoms with Gasteiger partial charge in [-0.25, -0.2) is 14.0 Å². The van der Waals surface area contributed by atoms with Crippen molar-refractivity contribution >= 4 is 11.9 Å². The van der Waals surface area contributed by atoms with Crippen LogP contribution < -0.4 is 4.74 Å². The normalized spacial score (nSPS) is 13.8. The first-order chi connectivity index (χ1) is 16.0.